The summed E-state index contributed by atoms with van der Waals surface area (Å²) < 4.78 is 27.0. The number of aliphatic imine (C=N–C) groups is 1. The molecule has 8 heteroatoms. The second-order valence-electron chi connectivity index (χ2n) is 6.51. The first-order valence-corrected chi connectivity index (χ1v) is 11.4. The van der Waals surface area contributed by atoms with Gasteiger partial charge in [0.25, 0.3) is 0 Å². The maximum absolute atomic E-state index is 13.8. The van der Waals surface area contributed by atoms with E-state index in [1.807, 2.05) is 24.3 Å². The molecule has 0 amide bonds. The van der Waals surface area contributed by atoms with Gasteiger partial charge in [0.05, 0.1) is 14.5 Å². The van der Waals surface area contributed by atoms with Crippen LogP contribution in [0.3, 0.4) is 0 Å². The first-order valence-electron chi connectivity index (χ1n) is 9.05. The first-order chi connectivity index (χ1) is 14.9. The predicted molar refractivity (Wildman–Crippen MR) is 127 cm³/mol. The molecule has 0 N–H and O–H groups in total. The van der Waals surface area contributed by atoms with Gasteiger partial charge in [-0.2, -0.15) is 0 Å². The number of ether oxygens (including phenoxy) is 2. The molecule has 0 saturated carbocycles. The minimum atomic E-state index is -0.530. The fraction of sp³-hybridized carbons (Fsp3) is 0.0435. The second kappa shape index (κ2) is 9.46. The topological polar surface area (TPSA) is 47.9 Å². The van der Waals surface area contributed by atoms with E-state index < -0.39 is 5.97 Å². The summed E-state index contributed by atoms with van der Waals surface area (Å²) in [6.07, 6.45) is 1.63. The highest BCUT2D eigenvalue weighted by Crippen LogP contribution is 2.36. The van der Waals surface area contributed by atoms with Crippen LogP contribution in [0, 0.1) is 5.82 Å². The van der Waals surface area contributed by atoms with Crippen molar-refractivity contribution in [3.8, 4) is 5.75 Å². The highest BCUT2D eigenvalue weighted by molar-refractivity contribution is 9.11. The van der Waals surface area contributed by atoms with Crippen LogP contribution >= 0.6 is 47.8 Å². The SMILES string of the molecule is O=C1OC(c2ccccc2Br)=N/C1=C\c1cc(Br)c(OCc2ccccc2F)c(Br)c1. The number of rotatable bonds is 5. The lowest BCUT2D eigenvalue weighted by atomic mass is 10.2. The number of cyclic esters (lactones) is 1. The molecule has 0 atom stereocenters. The summed E-state index contributed by atoms with van der Waals surface area (Å²) in [5.41, 5.74) is 2.04. The van der Waals surface area contributed by atoms with Gasteiger partial charge in [-0.1, -0.05) is 30.3 Å². The average Bonchev–Trinajstić information content (AvgIpc) is 3.09. The fourth-order valence-electron chi connectivity index (χ4n) is 2.88. The van der Waals surface area contributed by atoms with Gasteiger partial charge in [0.15, 0.2) is 5.70 Å². The molecule has 31 heavy (non-hydrogen) atoms. The Morgan fingerprint density at radius 2 is 1.65 bits per heavy atom. The van der Waals surface area contributed by atoms with Gasteiger partial charge in [-0.3, -0.25) is 0 Å². The van der Waals surface area contributed by atoms with Crippen LogP contribution in [0.15, 0.2) is 84.8 Å². The monoisotopic (exact) mass is 607 g/mol. The van der Waals surface area contributed by atoms with E-state index in [0.717, 1.165) is 4.47 Å². The Morgan fingerprint density at radius 1 is 0.968 bits per heavy atom. The summed E-state index contributed by atoms with van der Waals surface area (Å²) in [6, 6.07) is 17.4. The number of halogens is 4. The van der Waals surface area contributed by atoms with Crippen molar-refractivity contribution >= 4 is 65.7 Å². The predicted octanol–water partition coefficient (Wildman–Crippen LogP) is 7.04. The third kappa shape index (κ3) is 4.97. The van der Waals surface area contributed by atoms with Gasteiger partial charge in [-0.25, -0.2) is 14.2 Å². The molecule has 0 unspecified atom stereocenters. The van der Waals surface area contributed by atoms with Gasteiger partial charge in [-0.15, -0.1) is 0 Å². The molecular formula is C23H13Br3FNO3. The van der Waals surface area contributed by atoms with Crippen molar-refractivity contribution < 1.29 is 18.7 Å². The molecule has 0 saturated heterocycles. The summed E-state index contributed by atoms with van der Waals surface area (Å²) >= 11 is 10.4. The van der Waals surface area contributed by atoms with E-state index in [1.165, 1.54) is 6.07 Å². The molecule has 3 aromatic rings. The molecule has 0 aliphatic carbocycles. The Labute approximate surface area is 203 Å². The first kappa shape index (κ1) is 21.9. The molecule has 3 aromatic carbocycles. The molecule has 0 fully saturated rings. The van der Waals surface area contributed by atoms with E-state index >= 15 is 0 Å². The molecule has 0 radical (unpaired) electrons. The Morgan fingerprint density at radius 3 is 2.35 bits per heavy atom. The van der Waals surface area contributed by atoms with Gasteiger partial charge in [0.2, 0.25) is 5.90 Å². The van der Waals surface area contributed by atoms with Gasteiger partial charge >= 0.3 is 5.97 Å². The van der Waals surface area contributed by atoms with Gasteiger partial charge < -0.3 is 9.47 Å². The van der Waals surface area contributed by atoms with Crippen LogP contribution in [0.1, 0.15) is 16.7 Å². The van der Waals surface area contributed by atoms with Crippen molar-refractivity contribution in [3.63, 3.8) is 0 Å². The molecule has 0 bridgehead atoms. The molecule has 156 valence electrons. The number of nitrogens with zero attached hydrogens (tertiary/aromatic N) is 1. The summed E-state index contributed by atoms with van der Waals surface area (Å²) in [7, 11) is 0. The number of esters is 1. The van der Waals surface area contributed by atoms with E-state index in [1.54, 1.807) is 36.4 Å². The fourth-order valence-corrected chi connectivity index (χ4v) is 4.79. The number of carbonyl (C=O) groups is 1. The Hall–Kier alpha value is -2.29. The maximum Gasteiger partial charge on any atom is 0.363 e. The van der Waals surface area contributed by atoms with Crippen LogP contribution in [0.25, 0.3) is 6.08 Å². The normalized spacial score (nSPS) is 14.5. The van der Waals surface area contributed by atoms with Gasteiger partial charge in [0, 0.05) is 10.0 Å². The van der Waals surface area contributed by atoms with E-state index in [2.05, 4.69) is 52.8 Å². The molecule has 0 spiro atoms. The minimum Gasteiger partial charge on any atom is -0.486 e. The molecule has 4 nitrogen and oxygen atoms in total. The smallest absolute Gasteiger partial charge is 0.363 e. The number of hydrogen-bond donors (Lipinski definition) is 0. The van der Waals surface area contributed by atoms with Crippen molar-refractivity contribution in [2.75, 3.05) is 0 Å². The van der Waals surface area contributed by atoms with E-state index in [0.29, 0.717) is 31.4 Å². The second-order valence-corrected chi connectivity index (χ2v) is 9.07. The molecule has 0 aromatic heterocycles. The third-order valence-electron chi connectivity index (χ3n) is 4.38. The van der Waals surface area contributed by atoms with Crippen molar-refractivity contribution in [2.45, 2.75) is 6.61 Å². The maximum atomic E-state index is 13.8. The average molecular weight is 610 g/mol. The van der Waals surface area contributed by atoms with Gasteiger partial charge in [-0.05, 0) is 89.8 Å². The summed E-state index contributed by atoms with van der Waals surface area (Å²) in [5.74, 6) is -0.0871. The lowest BCUT2D eigenvalue weighted by Gasteiger charge is -2.12. The van der Waals surface area contributed by atoms with Crippen LogP contribution in [0.5, 0.6) is 5.75 Å². The van der Waals surface area contributed by atoms with Crippen molar-refractivity contribution in [1.82, 2.24) is 0 Å². The van der Waals surface area contributed by atoms with Crippen LogP contribution < -0.4 is 4.74 Å². The molecule has 1 aliphatic rings. The Balaban J connectivity index is 1.58. The highest BCUT2D eigenvalue weighted by Gasteiger charge is 2.25. The van der Waals surface area contributed by atoms with E-state index in [9.17, 15) is 9.18 Å². The lowest BCUT2D eigenvalue weighted by Crippen LogP contribution is -2.05. The van der Waals surface area contributed by atoms with Crippen molar-refractivity contribution in [1.29, 1.82) is 0 Å². The third-order valence-corrected chi connectivity index (χ3v) is 6.25. The number of carbonyl (C=O) groups excluding carboxylic acids is 1. The minimum absolute atomic E-state index is 0.0796. The van der Waals surface area contributed by atoms with Crippen molar-refractivity contribution in [3.05, 3.63) is 102 Å². The van der Waals surface area contributed by atoms with Gasteiger partial charge in [0.1, 0.15) is 18.2 Å². The summed E-state index contributed by atoms with van der Waals surface area (Å²) in [4.78, 5) is 16.6. The molecule has 4 rings (SSSR count). The standard InChI is InChI=1S/C23H13Br3FNO3/c24-16-7-3-2-6-15(16)22-28-20(23(29)31-22)11-13-9-17(25)21(18(26)10-13)30-12-14-5-1-4-8-19(14)27/h1-11H,12H2/b20-11-. The molecule has 1 aliphatic heterocycles. The van der Waals surface area contributed by atoms with Crippen LogP contribution in [0.4, 0.5) is 4.39 Å². The summed E-state index contributed by atoms with van der Waals surface area (Å²) in [5, 5.41) is 0. The van der Waals surface area contributed by atoms with Crippen LogP contribution in [0.2, 0.25) is 0 Å². The largest absolute Gasteiger partial charge is 0.486 e. The number of hydrogen-bond acceptors (Lipinski definition) is 4. The Bertz CT molecular complexity index is 1220. The van der Waals surface area contributed by atoms with Crippen LogP contribution in [-0.4, -0.2) is 11.9 Å². The highest BCUT2D eigenvalue weighted by atomic mass is 79.9. The zero-order valence-corrected chi connectivity index (χ0v) is 20.5. The molecular weight excluding hydrogens is 597 g/mol. The van der Waals surface area contributed by atoms with Crippen LogP contribution in [-0.2, 0) is 16.1 Å². The van der Waals surface area contributed by atoms with E-state index in [-0.39, 0.29) is 24.0 Å². The number of benzene rings is 3. The quantitative estimate of drug-likeness (QED) is 0.230. The lowest BCUT2D eigenvalue weighted by molar-refractivity contribution is -0.129. The van der Waals surface area contributed by atoms with Crippen molar-refractivity contribution in [2.24, 2.45) is 4.99 Å². The molecule has 1 heterocycles. The zero-order valence-electron chi connectivity index (χ0n) is 15.7. The zero-order chi connectivity index (χ0) is 22.0. The Kier molecular flexibility index (Phi) is 6.69. The summed E-state index contributed by atoms with van der Waals surface area (Å²) in [6.45, 7) is 0.0796. The van der Waals surface area contributed by atoms with E-state index in [4.69, 9.17) is 9.47 Å².